The first-order valence-corrected chi connectivity index (χ1v) is 5.99. The van der Waals surface area contributed by atoms with Crippen molar-refractivity contribution in [3.63, 3.8) is 0 Å². The number of halogens is 2. The second-order valence-corrected chi connectivity index (χ2v) is 4.60. The standard InChI is InChI=1S/C13H7Cl2NO3/c14-9-3-6-11(12(15)7-9)13(17)8-1-4-10(5-2-8)16(18)19/h1-7H. The summed E-state index contributed by atoms with van der Waals surface area (Å²) in [5.41, 5.74) is 0.563. The Bertz CT molecular complexity index is 653. The van der Waals surface area contributed by atoms with Crippen molar-refractivity contribution < 1.29 is 9.72 Å². The fourth-order valence-electron chi connectivity index (χ4n) is 1.56. The Kier molecular flexibility index (Phi) is 3.83. The van der Waals surface area contributed by atoms with Crippen LogP contribution in [0.15, 0.2) is 42.5 Å². The highest BCUT2D eigenvalue weighted by molar-refractivity contribution is 6.37. The summed E-state index contributed by atoms with van der Waals surface area (Å²) in [6.07, 6.45) is 0. The minimum atomic E-state index is -0.524. The molecular formula is C13H7Cl2NO3. The molecule has 0 atom stereocenters. The lowest BCUT2D eigenvalue weighted by Crippen LogP contribution is -2.02. The van der Waals surface area contributed by atoms with Gasteiger partial charge in [0.1, 0.15) is 0 Å². The molecule has 0 saturated carbocycles. The summed E-state index contributed by atoms with van der Waals surface area (Å²) >= 11 is 11.7. The van der Waals surface area contributed by atoms with Crippen LogP contribution in [0, 0.1) is 10.1 Å². The molecule has 0 bridgehead atoms. The molecule has 2 rings (SSSR count). The normalized spacial score (nSPS) is 10.2. The van der Waals surface area contributed by atoms with Crippen LogP contribution < -0.4 is 0 Å². The van der Waals surface area contributed by atoms with Crippen LogP contribution in [0.1, 0.15) is 15.9 Å². The van der Waals surface area contributed by atoms with Gasteiger partial charge in [0.15, 0.2) is 5.78 Å². The molecule has 4 nitrogen and oxygen atoms in total. The van der Waals surface area contributed by atoms with Crippen molar-refractivity contribution in [1.82, 2.24) is 0 Å². The number of non-ortho nitro benzene ring substituents is 1. The molecule has 0 fully saturated rings. The van der Waals surface area contributed by atoms with E-state index in [2.05, 4.69) is 0 Å². The van der Waals surface area contributed by atoms with Gasteiger partial charge in [0.05, 0.1) is 9.95 Å². The van der Waals surface area contributed by atoms with Crippen molar-refractivity contribution in [2.24, 2.45) is 0 Å². The maximum absolute atomic E-state index is 12.2. The summed E-state index contributed by atoms with van der Waals surface area (Å²) < 4.78 is 0. The zero-order valence-electron chi connectivity index (χ0n) is 9.47. The van der Waals surface area contributed by atoms with Gasteiger partial charge in [-0.1, -0.05) is 23.2 Å². The molecule has 0 aliphatic carbocycles. The van der Waals surface area contributed by atoms with Crippen LogP contribution >= 0.6 is 23.2 Å². The fourth-order valence-corrected chi connectivity index (χ4v) is 2.06. The Hall–Kier alpha value is -1.91. The van der Waals surface area contributed by atoms with Crippen LogP contribution in [0.4, 0.5) is 5.69 Å². The first-order valence-electron chi connectivity index (χ1n) is 5.23. The van der Waals surface area contributed by atoms with Crippen molar-refractivity contribution in [1.29, 1.82) is 0 Å². The largest absolute Gasteiger partial charge is 0.289 e. The lowest BCUT2D eigenvalue weighted by atomic mass is 10.0. The van der Waals surface area contributed by atoms with Gasteiger partial charge < -0.3 is 0 Å². The third kappa shape index (κ3) is 2.92. The number of rotatable bonds is 3. The van der Waals surface area contributed by atoms with Gasteiger partial charge in [0.2, 0.25) is 0 Å². The smallest absolute Gasteiger partial charge is 0.269 e. The van der Waals surface area contributed by atoms with Gasteiger partial charge in [0.25, 0.3) is 5.69 Å². The summed E-state index contributed by atoms with van der Waals surface area (Å²) in [7, 11) is 0. The maximum atomic E-state index is 12.2. The topological polar surface area (TPSA) is 60.2 Å². The first kappa shape index (κ1) is 13.5. The van der Waals surface area contributed by atoms with Crippen LogP contribution in [-0.4, -0.2) is 10.7 Å². The summed E-state index contributed by atoms with van der Waals surface area (Å²) in [6, 6.07) is 9.90. The molecule has 19 heavy (non-hydrogen) atoms. The molecule has 0 unspecified atom stereocenters. The second-order valence-electron chi connectivity index (χ2n) is 3.76. The van der Waals surface area contributed by atoms with Crippen LogP contribution in [0.25, 0.3) is 0 Å². The predicted molar refractivity (Wildman–Crippen MR) is 73.0 cm³/mol. The minimum absolute atomic E-state index is 0.0706. The Labute approximate surface area is 118 Å². The van der Waals surface area contributed by atoms with Gasteiger partial charge in [-0.2, -0.15) is 0 Å². The predicted octanol–water partition coefficient (Wildman–Crippen LogP) is 4.13. The second kappa shape index (κ2) is 5.38. The summed E-state index contributed by atoms with van der Waals surface area (Å²) in [6.45, 7) is 0. The summed E-state index contributed by atoms with van der Waals surface area (Å²) in [5.74, 6) is -0.309. The van der Waals surface area contributed by atoms with Gasteiger partial charge in [-0.25, -0.2) is 0 Å². The molecule has 0 saturated heterocycles. The van der Waals surface area contributed by atoms with Crippen LogP contribution in [0.3, 0.4) is 0 Å². The minimum Gasteiger partial charge on any atom is -0.289 e. The SMILES string of the molecule is O=C(c1ccc([N+](=O)[O-])cc1)c1ccc(Cl)cc1Cl. The van der Waals surface area contributed by atoms with E-state index in [4.69, 9.17) is 23.2 Å². The number of carbonyl (C=O) groups excluding carboxylic acids is 1. The van der Waals surface area contributed by atoms with Gasteiger partial charge in [0, 0.05) is 28.3 Å². The number of carbonyl (C=O) groups is 1. The van der Waals surface area contributed by atoms with Crippen LogP contribution in [0.2, 0.25) is 10.0 Å². The zero-order valence-corrected chi connectivity index (χ0v) is 11.0. The number of hydrogen-bond donors (Lipinski definition) is 0. The molecular weight excluding hydrogens is 289 g/mol. The Balaban J connectivity index is 2.36. The van der Waals surface area contributed by atoms with Crippen molar-refractivity contribution in [2.75, 3.05) is 0 Å². The number of benzene rings is 2. The Morgan fingerprint density at radius 2 is 1.68 bits per heavy atom. The van der Waals surface area contributed by atoms with E-state index in [1.807, 2.05) is 0 Å². The molecule has 0 N–H and O–H groups in total. The zero-order chi connectivity index (χ0) is 14.0. The molecule has 2 aromatic carbocycles. The quantitative estimate of drug-likeness (QED) is 0.486. The lowest BCUT2D eigenvalue weighted by molar-refractivity contribution is -0.384. The highest BCUT2D eigenvalue weighted by Gasteiger charge is 2.14. The van der Waals surface area contributed by atoms with Gasteiger partial charge in [-0.3, -0.25) is 14.9 Å². The van der Waals surface area contributed by atoms with Crippen molar-refractivity contribution in [3.8, 4) is 0 Å². The van der Waals surface area contributed by atoms with Crippen LogP contribution in [-0.2, 0) is 0 Å². The lowest BCUT2D eigenvalue weighted by Gasteiger charge is -2.04. The third-order valence-electron chi connectivity index (χ3n) is 2.52. The third-order valence-corrected chi connectivity index (χ3v) is 3.06. The number of hydrogen-bond acceptors (Lipinski definition) is 3. The van der Waals surface area contributed by atoms with E-state index in [0.29, 0.717) is 16.1 Å². The highest BCUT2D eigenvalue weighted by Crippen LogP contribution is 2.24. The molecule has 0 aromatic heterocycles. The molecule has 0 amide bonds. The molecule has 0 aliphatic rings. The summed E-state index contributed by atoms with van der Waals surface area (Å²) in [5, 5.41) is 11.2. The molecule has 96 valence electrons. The van der Waals surface area contributed by atoms with E-state index >= 15 is 0 Å². The van der Waals surface area contributed by atoms with Gasteiger partial charge >= 0.3 is 0 Å². The number of ketones is 1. The van der Waals surface area contributed by atoms with Crippen molar-refractivity contribution >= 4 is 34.7 Å². The summed E-state index contributed by atoms with van der Waals surface area (Å²) in [4.78, 5) is 22.2. The molecule has 2 aromatic rings. The number of nitrogens with zero attached hydrogens (tertiary/aromatic N) is 1. The highest BCUT2D eigenvalue weighted by atomic mass is 35.5. The average molecular weight is 296 g/mol. The molecule has 6 heteroatoms. The van der Waals surface area contributed by atoms with E-state index in [-0.39, 0.29) is 16.5 Å². The van der Waals surface area contributed by atoms with E-state index in [9.17, 15) is 14.9 Å². The van der Waals surface area contributed by atoms with Crippen molar-refractivity contribution in [3.05, 3.63) is 73.8 Å². The Morgan fingerprint density at radius 1 is 1.05 bits per heavy atom. The molecule has 0 radical (unpaired) electrons. The van der Waals surface area contributed by atoms with E-state index in [1.165, 1.54) is 36.4 Å². The fraction of sp³-hybridized carbons (Fsp3) is 0. The van der Waals surface area contributed by atoms with Crippen LogP contribution in [0.5, 0.6) is 0 Å². The molecule has 0 spiro atoms. The van der Waals surface area contributed by atoms with E-state index in [0.717, 1.165) is 0 Å². The van der Waals surface area contributed by atoms with Gasteiger partial charge in [-0.05, 0) is 30.3 Å². The Morgan fingerprint density at radius 3 is 2.21 bits per heavy atom. The average Bonchev–Trinajstić information content (AvgIpc) is 2.38. The van der Waals surface area contributed by atoms with E-state index in [1.54, 1.807) is 6.07 Å². The monoisotopic (exact) mass is 295 g/mol. The van der Waals surface area contributed by atoms with Crippen molar-refractivity contribution in [2.45, 2.75) is 0 Å². The molecule has 0 heterocycles. The first-order chi connectivity index (χ1) is 8.99. The number of nitro groups is 1. The van der Waals surface area contributed by atoms with E-state index < -0.39 is 4.92 Å². The molecule has 0 aliphatic heterocycles. The maximum Gasteiger partial charge on any atom is 0.269 e. The van der Waals surface area contributed by atoms with Gasteiger partial charge in [-0.15, -0.1) is 0 Å². The number of nitro benzene ring substituents is 1.